The van der Waals surface area contributed by atoms with E-state index in [4.69, 9.17) is 13.3 Å². The molecule has 0 rings (SSSR count). The minimum absolute atomic E-state index is 0.0683. The van der Waals surface area contributed by atoms with Gasteiger partial charge in [-0.3, -0.25) is 0 Å². The summed E-state index contributed by atoms with van der Waals surface area (Å²) in [5.74, 6) is -2.52. The lowest BCUT2D eigenvalue weighted by Crippen LogP contribution is -2.59. The van der Waals surface area contributed by atoms with Gasteiger partial charge in [0.15, 0.2) is 0 Å². The molecule has 17 heavy (non-hydrogen) atoms. The molecular weight excluding hydrogens is 253 g/mol. The molecule has 0 aromatic carbocycles. The summed E-state index contributed by atoms with van der Waals surface area (Å²) in [5, 5.41) is 0. The first-order valence-electron chi connectivity index (χ1n) is 5.67. The molecule has 0 bridgehead atoms. The van der Waals surface area contributed by atoms with Gasteiger partial charge in [0.25, 0.3) is 6.43 Å². The molecule has 0 aliphatic rings. The maximum absolute atomic E-state index is 13.7. The largest absolute Gasteiger partial charge is 0.543 e. The first kappa shape index (κ1) is 16.9. The molecule has 1 unspecified atom stereocenters. The lowest BCUT2D eigenvalue weighted by Gasteiger charge is -2.34. The molecule has 7 heteroatoms. The van der Waals surface area contributed by atoms with Crippen LogP contribution in [0.2, 0.25) is 0 Å². The lowest BCUT2D eigenvalue weighted by atomic mass is 10.5. The second kappa shape index (κ2) is 7.35. The van der Waals surface area contributed by atoms with Gasteiger partial charge in [-0.05, 0) is 34.6 Å². The van der Waals surface area contributed by atoms with Crippen LogP contribution in [0.15, 0.2) is 0 Å². The van der Waals surface area contributed by atoms with Crippen LogP contribution >= 0.6 is 0 Å². The summed E-state index contributed by atoms with van der Waals surface area (Å²) in [5.41, 5.74) is 0. The summed E-state index contributed by atoms with van der Waals surface area (Å²) in [6.45, 7) is 8.17. The second-order valence-corrected chi connectivity index (χ2v) is 6.62. The fourth-order valence-electron chi connectivity index (χ4n) is 1.32. The van der Waals surface area contributed by atoms with Crippen LogP contribution in [-0.4, -0.2) is 39.8 Å². The van der Waals surface area contributed by atoms with Crippen LogP contribution in [0.3, 0.4) is 0 Å². The van der Waals surface area contributed by atoms with Crippen molar-refractivity contribution >= 4 is 8.80 Å². The van der Waals surface area contributed by atoms with Gasteiger partial charge in [-0.1, -0.05) is 0 Å². The Morgan fingerprint density at radius 1 is 0.941 bits per heavy atom. The van der Waals surface area contributed by atoms with Crippen LogP contribution < -0.4 is 0 Å². The molecule has 0 fully saturated rings. The molecule has 0 N–H and O–H groups in total. The van der Waals surface area contributed by atoms with Crippen LogP contribution in [-0.2, 0) is 13.3 Å². The smallest absolute Gasteiger partial charge is 0.372 e. The number of rotatable bonds is 8. The molecule has 0 aliphatic heterocycles. The molecule has 0 heterocycles. The third-order valence-electron chi connectivity index (χ3n) is 1.70. The minimum atomic E-state index is -4.00. The van der Waals surface area contributed by atoms with Gasteiger partial charge in [0, 0.05) is 18.8 Å². The van der Waals surface area contributed by atoms with E-state index in [1.165, 1.54) is 0 Å². The SMILES string of the molecule is CCO[Si](OC(C)C)(OC(C)C)C(F)C(F)F. The molecular formula is C10H21F3O3Si. The number of alkyl halides is 3. The van der Waals surface area contributed by atoms with Crippen LogP contribution in [0, 0.1) is 0 Å². The van der Waals surface area contributed by atoms with Gasteiger partial charge in [0.2, 0.25) is 5.79 Å². The van der Waals surface area contributed by atoms with E-state index in [9.17, 15) is 13.2 Å². The molecule has 0 aromatic rings. The van der Waals surface area contributed by atoms with Gasteiger partial charge >= 0.3 is 8.80 Å². The fraction of sp³-hybridized carbons (Fsp3) is 1.00. The third-order valence-corrected chi connectivity index (χ3v) is 4.92. The fourth-order valence-corrected chi connectivity index (χ4v) is 3.95. The highest BCUT2D eigenvalue weighted by Gasteiger charge is 2.56. The molecule has 0 aromatic heterocycles. The topological polar surface area (TPSA) is 27.7 Å². The van der Waals surface area contributed by atoms with E-state index in [1.807, 2.05) is 0 Å². The highest BCUT2D eigenvalue weighted by atomic mass is 28.4. The summed E-state index contributed by atoms with van der Waals surface area (Å²) in [6, 6.07) is 0. The normalized spacial score (nSPS) is 15.0. The van der Waals surface area contributed by atoms with E-state index >= 15 is 0 Å². The zero-order valence-electron chi connectivity index (χ0n) is 10.9. The number of halogens is 3. The standard InChI is InChI=1S/C10H21F3O3Si/c1-6-14-17(15-7(2)3,16-8(4)5)10(13)9(11)12/h7-10H,6H2,1-5H3. The molecule has 1 atom stereocenters. The Hall–Kier alpha value is -0.113. The van der Waals surface area contributed by atoms with Gasteiger partial charge in [-0.25, -0.2) is 13.2 Å². The predicted octanol–water partition coefficient (Wildman–Crippen LogP) is 2.95. The molecule has 0 spiro atoms. The van der Waals surface area contributed by atoms with Crippen LogP contribution in [0.1, 0.15) is 34.6 Å². The van der Waals surface area contributed by atoms with Crippen LogP contribution in [0.25, 0.3) is 0 Å². The van der Waals surface area contributed by atoms with E-state index in [0.29, 0.717) is 0 Å². The average Bonchev–Trinajstić information content (AvgIpc) is 2.14. The van der Waals surface area contributed by atoms with Gasteiger partial charge in [-0.15, -0.1) is 0 Å². The summed E-state index contributed by atoms with van der Waals surface area (Å²) >= 11 is 0. The van der Waals surface area contributed by atoms with Crippen molar-refractivity contribution in [2.24, 2.45) is 0 Å². The van der Waals surface area contributed by atoms with Gasteiger partial charge in [0.1, 0.15) is 0 Å². The van der Waals surface area contributed by atoms with Gasteiger partial charge in [0.05, 0.1) is 0 Å². The van der Waals surface area contributed by atoms with Crippen molar-refractivity contribution in [2.75, 3.05) is 6.61 Å². The average molecular weight is 274 g/mol. The van der Waals surface area contributed by atoms with E-state index in [0.717, 1.165) is 0 Å². The first-order valence-corrected chi connectivity index (χ1v) is 7.47. The highest BCUT2D eigenvalue weighted by Crippen LogP contribution is 2.26. The summed E-state index contributed by atoms with van der Waals surface area (Å²) in [6.07, 6.45) is -4.06. The zero-order valence-corrected chi connectivity index (χ0v) is 11.9. The number of hydrogen-bond acceptors (Lipinski definition) is 3. The van der Waals surface area contributed by atoms with Crippen molar-refractivity contribution in [3.8, 4) is 0 Å². The first-order chi connectivity index (χ1) is 7.75. The van der Waals surface area contributed by atoms with Crippen molar-refractivity contribution in [1.29, 1.82) is 0 Å². The maximum Gasteiger partial charge on any atom is 0.543 e. The van der Waals surface area contributed by atoms with Crippen molar-refractivity contribution in [2.45, 2.75) is 59.0 Å². The Morgan fingerprint density at radius 3 is 1.59 bits per heavy atom. The zero-order chi connectivity index (χ0) is 13.6. The minimum Gasteiger partial charge on any atom is -0.372 e. The van der Waals surface area contributed by atoms with Crippen molar-refractivity contribution < 1.29 is 26.4 Å². The van der Waals surface area contributed by atoms with E-state index in [-0.39, 0.29) is 6.61 Å². The van der Waals surface area contributed by atoms with E-state index < -0.39 is 33.2 Å². The monoisotopic (exact) mass is 274 g/mol. The van der Waals surface area contributed by atoms with Crippen molar-refractivity contribution in [3.63, 3.8) is 0 Å². The second-order valence-electron chi connectivity index (χ2n) is 4.11. The Bertz CT molecular complexity index is 205. The Morgan fingerprint density at radius 2 is 1.35 bits per heavy atom. The predicted molar refractivity (Wildman–Crippen MR) is 60.7 cm³/mol. The summed E-state index contributed by atoms with van der Waals surface area (Å²) < 4.78 is 54.4. The Kier molecular flexibility index (Phi) is 7.30. The molecule has 0 amide bonds. The lowest BCUT2D eigenvalue weighted by molar-refractivity contribution is -0.0326. The number of hydrogen-bond donors (Lipinski definition) is 0. The van der Waals surface area contributed by atoms with E-state index in [1.54, 1.807) is 34.6 Å². The Labute approximate surface area is 102 Å². The molecule has 3 nitrogen and oxygen atoms in total. The maximum atomic E-state index is 13.7. The van der Waals surface area contributed by atoms with Crippen molar-refractivity contribution in [1.82, 2.24) is 0 Å². The van der Waals surface area contributed by atoms with E-state index in [2.05, 4.69) is 0 Å². The third kappa shape index (κ3) is 5.37. The van der Waals surface area contributed by atoms with Crippen LogP contribution in [0.5, 0.6) is 0 Å². The van der Waals surface area contributed by atoms with Crippen molar-refractivity contribution in [3.05, 3.63) is 0 Å². The van der Waals surface area contributed by atoms with Gasteiger partial charge < -0.3 is 13.3 Å². The molecule has 104 valence electrons. The molecule has 0 saturated heterocycles. The Balaban J connectivity index is 5.06. The van der Waals surface area contributed by atoms with Gasteiger partial charge in [-0.2, -0.15) is 0 Å². The quantitative estimate of drug-likeness (QED) is 0.637. The molecule has 0 saturated carbocycles. The van der Waals surface area contributed by atoms with Crippen LogP contribution in [0.4, 0.5) is 13.2 Å². The summed E-state index contributed by atoms with van der Waals surface area (Å²) in [7, 11) is -4.00. The highest BCUT2D eigenvalue weighted by molar-refractivity contribution is 6.62. The summed E-state index contributed by atoms with van der Waals surface area (Å²) in [4.78, 5) is 0. The molecule has 0 radical (unpaired) electrons. The molecule has 0 aliphatic carbocycles.